The highest BCUT2D eigenvalue weighted by molar-refractivity contribution is 5.78. The molecule has 3 aliphatic heterocycles. The van der Waals surface area contributed by atoms with Crippen LogP contribution in [-0.4, -0.2) is 52.8 Å². The van der Waals surface area contributed by atoms with Gasteiger partial charge in [0.2, 0.25) is 0 Å². The number of nitrogens with zero attached hydrogens (tertiary/aromatic N) is 3. The van der Waals surface area contributed by atoms with Gasteiger partial charge in [-0.15, -0.1) is 0 Å². The third-order valence-electron chi connectivity index (χ3n) is 7.66. The Hall–Kier alpha value is -2.33. The number of likely N-dealkylation sites (N-methyl/N-ethyl adjacent to an activating group) is 1. The summed E-state index contributed by atoms with van der Waals surface area (Å²) in [6, 6.07) is 9.63. The average molecular weight is 434 g/mol. The van der Waals surface area contributed by atoms with Crippen LogP contribution in [-0.2, 0) is 11.2 Å². The number of carbonyl (C=O) groups is 1. The molecule has 1 aromatic carbocycles. The zero-order valence-electron chi connectivity index (χ0n) is 20.3. The second kappa shape index (κ2) is 10.1. The second-order valence-corrected chi connectivity index (χ2v) is 9.77. The largest absolute Gasteiger partial charge is 0.353 e. The Morgan fingerprint density at radius 2 is 1.94 bits per heavy atom. The third-order valence-corrected chi connectivity index (χ3v) is 7.66. The molecule has 4 heteroatoms. The quantitative estimate of drug-likeness (QED) is 0.518. The fourth-order valence-corrected chi connectivity index (χ4v) is 5.22. The average Bonchev–Trinajstić information content (AvgIpc) is 3.39. The first-order valence-electron chi connectivity index (χ1n) is 12.4. The van der Waals surface area contributed by atoms with Crippen LogP contribution in [0.15, 0.2) is 54.5 Å². The zero-order chi connectivity index (χ0) is 22.7. The molecule has 3 aliphatic rings. The van der Waals surface area contributed by atoms with Crippen LogP contribution in [0.4, 0.5) is 0 Å². The lowest BCUT2D eigenvalue weighted by Gasteiger charge is -2.31. The number of aryl methyl sites for hydroxylation is 1. The van der Waals surface area contributed by atoms with Crippen molar-refractivity contribution in [2.75, 3.05) is 20.1 Å². The minimum absolute atomic E-state index is 0.141. The Bertz CT molecular complexity index is 898. The van der Waals surface area contributed by atoms with Gasteiger partial charge in [-0.1, -0.05) is 44.2 Å². The summed E-state index contributed by atoms with van der Waals surface area (Å²) < 4.78 is 0. The van der Waals surface area contributed by atoms with Crippen molar-refractivity contribution in [2.24, 2.45) is 5.92 Å². The maximum Gasteiger partial charge on any atom is 0.132 e. The Kier molecular flexibility index (Phi) is 7.20. The Labute approximate surface area is 194 Å². The van der Waals surface area contributed by atoms with E-state index in [1.807, 2.05) is 6.92 Å². The SMILES string of the molecule is CCC1CCCN1CCC1=CN2C=C(c3ccc(CCC(C)C(C)=O)cc3)C=CC2N1C. The molecule has 0 aliphatic carbocycles. The number of Topliss-reactive ketones (excluding diaryl/α,β-unsaturated/α-hetero) is 1. The molecule has 4 rings (SSSR count). The molecule has 0 saturated carbocycles. The van der Waals surface area contributed by atoms with E-state index in [1.165, 1.54) is 54.7 Å². The van der Waals surface area contributed by atoms with Crippen molar-refractivity contribution in [3.8, 4) is 0 Å². The van der Waals surface area contributed by atoms with E-state index < -0.39 is 0 Å². The van der Waals surface area contributed by atoms with Gasteiger partial charge in [0, 0.05) is 50.1 Å². The topological polar surface area (TPSA) is 26.8 Å². The molecule has 0 bridgehead atoms. The lowest BCUT2D eigenvalue weighted by Crippen LogP contribution is -2.35. The maximum absolute atomic E-state index is 11.5. The molecule has 172 valence electrons. The predicted octanol–water partition coefficient (Wildman–Crippen LogP) is 5.43. The normalized spacial score (nSPS) is 23.9. The number of fused-ring (bicyclic) bond motifs is 1. The van der Waals surface area contributed by atoms with Gasteiger partial charge < -0.3 is 14.7 Å². The first-order valence-corrected chi connectivity index (χ1v) is 12.4. The molecule has 1 aromatic rings. The molecule has 0 radical (unpaired) electrons. The Balaban J connectivity index is 1.38. The first-order chi connectivity index (χ1) is 15.5. The lowest BCUT2D eigenvalue weighted by molar-refractivity contribution is -0.120. The summed E-state index contributed by atoms with van der Waals surface area (Å²) in [5.41, 5.74) is 5.22. The standard InChI is InChI=1S/C28H39N3O/c1-5-26-7-6-17-30(26)18-16-27-20-31-19-25(14-15-28(31)29(27)4)24-12-10-23(11-13-24)9-8-21(2)22(3)32/h10-15,19-21,26,28H,5-9,16-18H2,1-4H3. The Morgan fingerprint density at radius 1 is 1.16 bits per heavy atom. The summed E-state index contributed by atoms with van der Waals surface area (Å²) in [7, 11) is 2.22. The van der Waals surface area contributed by atoms with E-state index in [9.17, 15) is 4.79 Å². The van der Waals surface area contributed by atoms with Crippen molar-refractivity contribution in [3.63, 3.8) is 0 Å². The van der Waals surface area contributed by atoms with Gasteiger partial charge in [-0.3, -0.25) is 4.79 Å². The van der Waals surface area contributed by atoms with Crippen molar-refractivity contribution in [3.05, 3.63) is 65.6 Å². The van der Waals surface area contributed by atoms with Crippen LogP contribution in [0, 0.1) is 5.92 Å². The molecular formula is C28H39N3O. The summed E-state index contributed by atoms with van der Waals surface area (Å²) in [4.78, 5) is 18.9. The number of rotatable bonds is 9. The van der Waals surface area contributed by atoms with E-state index in [4.69, 9.17) is 0 Å². The van der Waals surface area contributed by atoms with E-state index in [2.05, 4.69) is 77.5 Å². The van der Waals surface area contributed by atoms with E-state index in [1.54, 1.807) is 6.92 Å². The highest BCUT2D eigenvalue weighted by atomic mass is 16.1. The van der Waals surface area contributed by atoms with Gasteiger partial charge in [-0.05, 0) is 68.3 Å². The van der Waals surface area contributed by atoms with Crippen LogP contribution in [0.2, 0.25) is 0 Å². The molecule has 1 saturated heterocycles. The number of likely N-dealkylation sites (tertiary alicyclic amines) is 1. The molecule has 0 N–H and O–H groups in total. The highest BCUT2D eigenvalue weighted by Crippen LogP contribution is 2.32. The van der Waals surface area contributed by atoms with Crippen molar-refractivity contribution >= 4 is 11.4 Å². The van der Waals surface area contributed by atoms with Gasteiger partial charge in [0.1, 0.15) is 11.9 Å². The monoisotopic (exact) mass is 433 g/mol. The molecule has 0 spiro atoms. The van der Waals surface area contributed by atoms with Crippen LogP contribution in [0.1, 0.15) is 64.0 Å². The summed E-state index contributed by atoms with van der Waals surface area (Å²) in [6.45, 7) is 8.45. The third kappa shape index (κ3) is 5.01. The fourth-order valence-electron chi connectivity index (χ4n) is 5.22. The van der Waals surface area contributed by atoms with Crippen LogP contribution in [0.25, 0.3) is 5.57 Å². The molecule has 3 unspecified atom stereocenters. The van der Waals surface area contributed by atoms with Gasteiger partial charge in [0.25, 0.3) is 0 Å². The molecule has 32 heavy (non-hydrogen) atoms. The first kappa shape index (κ1) is 22.8. The second-order valence-electron chi connectivity index (χ2n) is 9.77. The molecule has 0 amide bonds. The number of hydrogen-bond donors (Lipinski definition) is 0. The van der Waals surface area contributed by atoms with Gasteiger partial charge in [0.15, 0.2) is 0 Å². The molecule has 0 aromatic heterocycles. The molecule has 3 atom stereocenters. The molecule has 3 heterocycles. The van der Waals surface area contributed by atoms with Gasteiger partial charge in [-0.25, -0.2) is 0 Å². The summed E-state index contributed by atoms with van der Waals surface area (Å²) in [6.07, 6.45) is 16.5. The lowest BCUT2D eigenvalue weighted by atomic mass is 9.96. The van der Waals surface area contributed by atoms with E-state index in [0.717, 1.165) is 25.3 Å². The zero-order valence-corrected chi connectivity index (χ0v) is 20.3. The smallest absolute Gasteiger partial charge is 0.132 e. The number of allylic oxidation sites excluding steroid dienone is 2. The fraction of sp³-hybridized carbons (Fsp3) is 0.536. The van der Waals surface area contributed by atoms with Gasteiger partial charge in [0.05, 0.1) is 0 Å². The van der Waals surface area contributed by atoms with E-state index in [0.29, 0.717) is 6.17 Å². The van der Waals surface area contributed by atoms with Crippen molar-refractivity contribution in [2.45, 2.75) is 71.5 Å². The number of carbonyl (C=O) groups excluding carboxylic acids is 1. The predicted molar refractivity (Wildman–Crippen MR) is 133 cm³/mol. The molecular weight excluding hydrogens is 394 g/mol. The number of ketones is 1. The minimum atomic E-state index is 0.141. The van der Waals surface area contributed by atoms with Crippen molar-refractivity contribution in [1.29, 1.82) is 0 Å². The van der Waals surface area contributed by atoms with E-state index >= 15 is 0 Å². The summed E-state index contributed by atoms with van der Waals surface area (Å²) >= 11 is 0. The summed E-state index contributed by atoms with van der Waals surface area (Å²) in [5, 5.41) is 0. The van der Waals surface area contributed by atoms with E-state index in [-0.39, 0.29) is 11.7 Å². The highest BCUT2D eigenvalue weighted by Gasteiger charge is 2.30. The molecule has 4 nitrogen and oxygen atoms in total. The number of benzene rings is 1. The van der Waals surface area contributed by atoms with Crippen molar-refractivity contribution < 1.29 is 4.79 Å². The van der Waals surface area contributed by atoms with Crippen LogP contribution in [0.3, 0.4) is 0 Å². The summed E-state index contributed by atoms with van der Waals surface area (Å²) in [5.74, 6) is 0.421. The Morgan fingerprint density at radius 3 is 2.66 bits per heavy atom. The van der Waals surface area contributed by atoms with Crippen LogP contribution in [0.5, 0.6) is 0 Å². The minimum Gasteiger partial charge on any atom is -0.353 e. The van der Waals surface area contributed by atoms with Gasteiger partial charge >= 0.3 is 0 Å². The number of hydrogen-bond acceptors (Lipinski definition) is 4. The van der Waals surface area contributed by atoms with Crippen molar-refractivity contribution in [1.82, 2.24) is 14.7 Å². The molecule has 1 fully saturated rings. The van der Waals surface area contributed by atoms with Crippen LogP contribution >= 0.6 is 0 Å². The van der Waals surface area contributed by atoms with Crippen LogP contribution < -0.4 is 0 Å². The maximum atomic E-state index is 11.5. The van der Waals surface area contributed by atoms with Gasteiger partial charge in [-0.2, -0.15) is 0 Å².